The summed E-state index contributed by atoms with van der Waals surface area (Å²) in [5, 5.41) is 2.64. The minimum atomic E-state index is -0.824. The molecule has 0 radical (unpaired) electrons. The van der Waals surface area contributed by atoms with Crippen molar-refractivity contribution in [3.05, 3.63) is 0 Å². The third-order valence-electron chi connectivity index (χ3n) is 1.17. The van der Waals surface area contributed by atoms with Crippen LogP contribution in [0.15, 0.2) is 0 Å². The largest absolute Gasteiger partial charge is 0.485 e. The van der Waals surface area contributed by atoms with E-state index in [0.29, 0.717) is 5.05 Å². The van der Waals surface area contributed by atoms with Crippen LogP contribution in [-0.4, -0.2) is 29.5 Å². The molecule has 0 aliphatic heterocycles. The Kier molecular flexibility index (Phi) is 4.98. The van der Waals surface area contributed by atoms with Gasteiger partial charge in [0.1, 0.15) is 12.6 Å². The Morgan fingerprint density at radius 2 is 2.08 bits per heavy atom. The lowest BCUT2D eigenvalue weighted by atomic mass is 10.3. The summed E-state index contributed by atoms with van der Waals surface area (Å²) in [6.45, 7) is 2.84. The van der Waals surface area contributed by atoms with Crippen LogP contribution in [0, 0.1) is 0 Å². The van der Waals surface area contributed by atoms with Crippen molar-refractivity contribution >= 4 is 29.1 Å². The number of rotatable bonds is 4. The maximum absolute atomic E-state index is 10.7. The fourth-order valence-electron chi connectivity index (χ4n) is 0.641. The molecule has 5 nitrogen and oxygen atoms in total. The third kappa shape index (κ3) is 6.03. The molecule has 13 heavy (non-hydrogen) atoms. The molecule has 0 aromatic carbocycles. The van der Waals surface area contributed by atoms with Gasteiger partial charge in [-0.3, -0.25) is 9.59 Å². The molecule has 0 aromatic heterocycles. The highest BCUT2D eigenvalue weighted by Crippen LogP contribution is 1.87. The molecule has 0 aromatic rings. The first-order chi connectivity index (χ1) is 5.93. The van der Waals surface area contributed by atoms with Gasteiger partial charge in [-0.1, -0.05) is 0 Å². The monoisotopic (exact) mass is 204 g/mol. The molecule has 1 unspecified atom stereocenters. The fourth-order valence-corrected chi connectivity index (χ4v) is 0.709. The van der Waals surface area contributed by atoms with Gasteiger partial charge < -0.3 is 15.8 Å². The van der Waals surface area contributed by atoms with E-state index >= 15 is 0 Å². The molecule has 0 aliphatic carbocycles. The van der Waals surface area contributed by atoms with Crippen LogP contribution in [0.2, 0.25) is 0 Å². The van der Waals surface area contributed by atoms with Crippen molar-refractivity contribution in [2.45, 2.75) is 19.9 Å². The lowest BCUT2D eigenvalue weighted by molar-refractivity contribution is -0.126. The van der Waals surface area contributed by atoms with E-state index in [9.17, 15) is 9.59 Å². The van der Waals surface area contributed by atoms with Gasteiger partial charge in [-0.05, 0) is 12.2 Å². The SMILES string of the molecule is CC(=O)NC(COC(C)=S)C(N)=O. The lowest BCUT2D eigenvalue weighted by Crippen LogP contribution is -2.46. The van der Waals surface area contributed by atoms with Gasteiger partial charge in [-0.25, -0.2) is 0 Å². The van der Waals surface area contributed by atoms with E-state index in [2.05, 4.69) is 17.5 Å². The predicted octanol–water partition coefficient (Wildman–Crippen LogP) is -0.660. The van der Waals surface area contributed by atoms with E-state index < -0.39 is 11.9 Å². The van der Waals surface area contributed by atoms with Crippen LogP contribution in [0.25, 0.3) is 0 Å². The van der Waals surface area contributed by atoms with Crippen LogP contribution in [0.1, 0.15) is 13.8 Å². The molecule has 0 rings (SSSR count). The predicted molar refractivity (Wildman–Crippen MR) is 51.0 cm³/mol. The first-order valence-electron chi connectivity index (χ1n) is 3.63. The Morgan fingerprint density at radius 1 is 1.54 bits per heavy atom. The summed E-state index contributed by atoms with van der Waals surface area (Å²) in [5.41, 5.74) is 4.99. The minimum Gasteiger partial charge on any atom is -0.485 e. The molecule has 0 heterocycles. The van der Waals surface area contributed by atoms with Crippen molar-refractivity contribution in [2.75, 3.05) is 6.61 Å². The number of carbonyl (C=O) groups excluding carboxylic acids is 2. The van der Waals surface area contributed by atoms with Gasteiger partial charge in [0.2, 0.25) is 11.8 Å². The average Bonchev–Trinajstić information content (AvgIpc) is 1.96. The molecule has 0 bridgehead atoms. The molecule has 3 N–H and O–H groups in total. The first-order valence-corrected chi connectivity index (χ1v) is 4.04. The molecular weight excluding hydrogens is 192 g/mol. The molecule has 0 spiro atoms. The van der Waals surface area contributed by atoms with Gasteiger partial charge in [-0.2, -0.15) is 0 Å². The Hall–Kier alpha value is -1.17. The second-order valence-electron chi connectivity index (χ2n) is 2.46. The number of primary amides is 1. The molecular formula is C7H12N2O3S. The lowest BCUT2D eigenvalue weighted by Gasteiger charge is -2.14. The van der Waals surface area contributed by atoms with Gasteiger partial charge in [0.15, 0.2) is 5.05 Å². The Bertz CT molecular complexity index is 230. The Morgan fingerprint density at radius 3 is 2.38 bits per heavy atom. The number of hydrogen-bond donors (Lipinski definition) is 2. The number of hydrogen-bond acceptors (Lipinski definition) is 4. The van der Waals surface area contributed by atoms with Gasteiger partial charge in [0.25, 0.3) is 0 Å². The smallest absolute Gasteiger partial charge is 0.243 e. The van der Waals surface area contributed by atoms with Crippen molar-refractivity contribution in [3.8, 4) is 0 Å². The highest BCUT2D eigenvalue weighted by atomic mass is 32.1. The Balaban J connectivity index is 4.02. The van der Waals surface area contributed by atoms with Gasteiger partial charge >= 0.3 is 0 Å². The van der Waals surface area contributed by atoms with Crippen LogP contribution in [0.3, 0.4) is 0 Å². The second-order valence-corrected chi connectivity index (χ2v) is 3.03. The van der Waals surface area contributed by atoms with Crippen molar-refractivity contribution in [1.82, 2.24) is 5.32 Å². The molecule has 0 aliphatic rings. The summed E-state index contributed by atoms with van der Waals surface area (Å²) in [6, 6.07) is -0.824. The zero-order valence-corrected chi connectivity index (χ0v) is 8.31. The van der Waals surface area contributed by atoms with Gasteiger partial charge in [-0.15, -0.1) is 0 Å². The van der Waals surface area contributed by atoms with Crippen molar-refractivity contribution in [2.24, 2.45) is 5.73 Å². The number of amides is 2. The fraction of sp³-hybridized carbons (Fsp3) is 0.571. The highest BCUT2D eigenvalue weighted by molar-refractivity contribution is 7.80. The highest BCUT2D eigenvalue weighted by Gasteiger charge is 2.16. The third-order valence-corrected chi connectivity index (χ3v) is 1.29. The number of nitrogens with two attached hydrogens (primary N) is 1. The maximum Gasteiger partial charge on any atom is 0.243 e. The number of carbonyl (C=O) groups is 2. The topological polar surface area (TPSA) is 81.4 Å². The van der Waals surface area contributed by atoms with E-state index in [1.165, 1.54) is 6.92 Å². The van der Waals surface area contributed by atoms with E-state index in [4.69, 9.17) is 10.5 Å². The number of thiocarbonyl (C=S) groups is 1. The second kappa shape index (κ2) is 5.47. The summed E-state index contributed by atoms with van der Waals surface area (Å²) in [4.78, 5) is 21.3. The minimum absolute atomic E-state index is 0.0236. The maximum atomic E-state index is 10.7. The molecule has 0 fully saturated rings. The van der Waals surface area contributed by atoms with Crippen molar-refractivity contribution in [1.29, 1.82) is 0 Å². The van der Waals surface area contributed by atoms with E-state index in [0.717, 1.165) is 0 Å². The zero-order chi connectivity index (χ0) is 10.4. The van der Waals surface area contributed by atoms with Gasteiger partial charge in [0, 0.05) is 13.8 Å². The quantitative estimate of drug-likeness (QED) is 0.596. The van der Waals surface area contributed by atoms with Crippen LogP contribution in [-0.2, 0) is 14.3 Å². The van der Waals surface area contributed by atoms with Crippen molar-refractivity contribution < 1.29 is 14.3 Å². The molecule has 0 saturated carbocycles. The van der Waals surface area contributed by atoms with E-state index in [1.54, 1.807) is 6.92 Å². The number of ether oxygens (including phenoxy) is 1. The summed E-state index contributed by atoms with van der Waals surface area (Å²) in [7, 11) is 0. The first kappa shape index (κ1) is 11.8. The number of nitrogens with one attached hydrogen (secondary N) is 1. The molecule has 6 heteroatoms. The summed E-state index contributed by atoms with van der Waals surface area (Å²) < 4.78 is 4.88. The van der Waals surface area contributed by atoms with Crippen LogP contribution < -0.4 is 11.1 Å². The summed E-state index contributed by atoms with van der Waals surface area (Å²) >= 11 is 4.63. The zero-order valence-electron chi connectivity index (χ0n) is 7.49. The average molecular weight is 204 g/mol. The molecule has 0 saturated heterocycles. The molecule has 2 amide bonds. The Labute approximate surface area is 81.6 Å². The van der Waals surface area contributed by atoms with Crippen LogP contribution in [0.5, 0.6) is 0 Å². The van der Waals surface area contributed by atoms with Gasteiger partial charge in [0.05, 0.1) is 0 Å². The standard InChI is InChI=1S/C7H12N2O3S/c1-4(10)9-6(7(8)11)3-12-5(2)13/h6H,3H2,1-2H3,(H2,8,11)(H,9,10). The normalized spacial score (nSPS) is 11.5. The molecule has 74 valence electrons. The van der Waals surface area contributed by atoms with E-state index in [-0.39, 0.29) is 12.5 Å². The van der Waals surface area contributed by atoms with E-state index in [1.807, 2.05) is 0 Å². The van der Waals surface area contributed by atoms with Crippen LogP contribution in [0.4, 0.5) is 0 Å². The van der Waals surface area contributed by atoms with Crippen molar-refractivity contribution in [3.63, 3.8) is 0 Å². The van der Waals surface area contributed by atoms with Crippen LogP contribution >= 0.6 is 12.2 Å². The molecule has 1 atom stereocenters. The summed E-state index contributed by atoms with van der Waals surface area (Å²) in [5.74, 6) is -0.985. The summed E-state index contributed by atoms with van der Waals surface area (Å²) in [6.07, 6.45) is 0.